The maximum Gasteiger partial charge on any atom is 0.251 e. The Morgan fingerprint density at radius 1 is 1.03 bits per heavy atom. The number of phenolic OH excluding ortho intramolecular Hbond substituents is 1. The number of ether oxygens (including phenoxy) is 1. The van der Waals surface area contributed by atoms with Crippen LogP contribution >= 0.6 is 0 Å². The Hall–Kier alpha value is -2.12. The zero-order chi connectivity index (χ0) is 20.2. The maximum atomic E-state index is 12.7. The van der Waals surface area contributed by atoms with Crippen LogP contribution in [0.5, 0.6) is 5.75 Å². The molecule has 0 unspecified atom stereocenters. The third-order valence-electron chi connectivity index (χ3n) is 6.34. The molecule has 7 nitrogen and oxygen atoms in total. The first-order chi connectivity index (χ1) is 14.1. The van der Waals surface area contributed by atoms with Gasteiger partial charge < -0.3 is 20.1 Å². The standard InChI is InChI=1S/C22H31N3O4/c26-20-7-3-17(4-8-20)22(28)23-14-19-6-5-18(25(19)15-16-1-2-16)13-21(27)24-9-11-29-12-10-24/h3-4,7-8,16,18-19,26H,1-2,5-6,9-15H2,(H,23,28)/t18-,19+/m1/s1. The lowest BCUT2D eigenvalue weighted by atomic mass is 10.1. The molecular weight excluding hydrogens is 370 g/mol. The van der Waals surface area contributed by atoms with E-state index in [0.29, 0.717) is 44.8 Å². The van der Waals surface area contributed by atoms with Crippen molar-refractivity contribution in [3.8, 4) is 5.75 Å². The number of rotatable bonds is 7. The Labute approximate surface area is 172 Å². The number of hydrogen-bond acceptors (Lipinski definition) is 5. The van der Waals surface area contributed by atoms with Crippen LogP contribution in [0.15, 0.2) is 24.3 Å². The second kappa shape index (κ2) is 9.13. The summed E-state index contributed by atoms with van der Waals surface area (Å²) in [7, 11) is 0. The highest BCUT2D eigenvalue weighted by Crippen LogP contribution is 2.35. The van der Waals surface area contributed by atoms with E-state index in [-0.39, 0.29) is 29.6 Å². The summed E-state index contributed by atoms with van der Waals surface area (Å²) in [5.74, 6) is 1.00. The zero-order valence-electron chi connectivity index (χ0n) is 16.9. The van der Waals surface area contributed by atoms with Gasteiger partial charge in [-0.25, -0.2) is 0 Å². The summed E-state index contributed by atoms with van der Waals surface area (Å²) in [6.45, 7) is 4.28. The first-order valence-electron chi connectivity index (χ1n) is 10.8. The Bertz CT molecular complexity index is 713. The molecule has 1 aromatic carbocycles. The van der Waals surface area contributed by atoms with Gasteiger partial charge in [0.2, 0.25) is 5.91 Å². The monoisotopic (exact) mass is 401 g/mol. The lowest BCUT2D eigenvalue weighted by Crippen LogP contribution is -2.47. The highest BCUT2D eigenvalue weighted by atomic mass is 16.5. The second-order valence-corrected chi connectivity index (χ2v) is 8.48. The molecule has 1 saturated carbocycles. The average Bonchev–Trinajstić information content (AvgIpc) is 3.49. The van der Waals surface area contributed by atoms with E-state index in [2.05, 4.69) is 10.2 Å². The Morgan fingerprint density at radius 2 is 1.72 bits per heavy atom. The lowest BCUT2D eigenvalue weighted by molar-refractivity contribution is -0.136. The summed E-state index contributed by atoms with van der Waals surface area (Å²) >= 11 is 0. The Morgan fingerprint density at radius 3 is 2.41 bits per heavy atom. The van der Waals surface area contributed by atoms with Gasteiger partial charge in [-0.05, 0) is 55.9 Å². The molecule has 158 valence electrons. The highest BCUT2D eigenvalue weighted by molar-refractivity contribution is 5.94. The number of likely N-dealkylation sites (tertiary alicyclic amines) is 1. The van der Waals surface area contributed by atoms with Crippen molar-refractivity contribution in [2.24, 2.45) is 5.92 Å². The molecule has 1 aromatic rings. The molecule has 0 spiro atoms. The number of amides is 2. The Balaban J connectivity index is 1.33. The predicted octanol–water partition coefficient (Wildman–Crippen LogP) is 1.61. The molecule has 3 aliphatic rings. The third kappa shape index (κ3) is 5.28. The van der Waals surface area contributed by atoms with Gasteiger partial charge >= 0.3 is 0 Å². The van der Waals surface area contributed by atoms with Crippen molar-refractivity contribution in [1.29, 1.82) is 0 Å². The molecule has 2 heterocycles. The fourth-order valence-electron chi connectivity index (χ4n) is 4.42. The maximum absolute atomic E-state index is 12.7. The number of nitrogens with zero attached hydrogens (tertiary/aromatic N) is 2. The van der Waals surface area contributed by atoms with Gasteiger partial charge in [0, 0.05) is 50.2 Å². The number of morpholine rings is 1. The Kier molecular flexibility index (Phi) is 6.35. The smallest absolute Gasteiger partial charge is 0.251 e. The summed E-state index contributed by atoms with van der Waals surface area (Å²) < 4.78 is 5.36. The van der Waals surface area contributed by atoms with Crippen molar-refractivity contribution >= 4 is 11.8 Å². The second-order valence-electron chi connectivity index (χ2n) is 8.48. The first kappa shape index (κ1) is 20.2. The molecule has 0 aromatic heterocycles. The topological polar surface area (TPSA) is 82.1 Å². The third-order valence-corrected chi connectivity index (χ3v) is 6.34. The van der Waals surface area contributed by atoms with E-state index < -0.39 is 0 Å². The van der Waals surface area contributed by atoms with Gasteiger partial charge in [0.1, 0.15) is 5.75 Å². The number of benzene rings is 1. The molecule has 1 aliphatic carbocycles. The lowest BCUT2D eigenvalue weighted by Gasteiger charge is -2.33. The van der Waals surface area contributed by atoms with Gasteiger partial charge in [0.25, 0.3) is 5.91 Å². The molecule has 2 amide bonds. The van der Waals surface area contributed by atoms with Crippen molar-refractivity contribution in [2.75, 3.05) is 39.4 Å². The van der Waals surface area contributed by atoms with Crippen LogP contribution in [0.1, 0.15) is 42.5 Å². The first-order valence-corrected chi connectivity index (χ1v) is 10.8. The van der Waals surface area contributed by atoms with Crippen LogP contribution in [-0.4, -0.2) is 78.2 Å². The highest BCUT2D eigenvalue weighted by Gasteiger charge is 2.38. The predicted molar refractivity (Wildman–Crippen MR) is 109 cm³/mol. The normalized spacial score (nSPS) is 25.2. The van der Waals surface area contributed by atoms with Crippen LogP contribution in [0.3, 0.4) is 0 Å². The van der Waals surface area contributed by atoms with E-state index in [1.807, 2.05) is 4.90 Å². The average molecular weight is 402 g/mol. The summed E-state index contributed by atoms with van der Waals surface area (Å²) in [5, 5.41) is 12.4. The number of aromatic hydroxyl groups is 1. The van der Waals surface area contributed by atoms with E-state index in [1.165, 1.54) is 25.0 Å². The van der Waals surface area contributed by atoms with Gasteiger partial charge in [-0.2, -0.15) is 0 Å². The molecule has 7 heteroatoms. The summed E-state index contributed by atoms with van der Waals surface area (Å²) in [6, 6.07) is 6.85. The van der Waals surface area contributed by atoms with Crippen LogP contribution in [0.25, 0.3) is 0 Å². The molecule has 2 aliphatic heterocycles. The van der Waals surface area contributed by atoms with Crippen molar-refractivity contribution in [3.63, 3.8) is 0 Å². The quantitative estimate of drug-likeness (QED) is 0.726. The van der Waals surface area contributed by atoms with Gasteiger partial charge in [-0.3, -0.25) is 14.5 Å². The van der Waals surface area contributed by atoms with Crippen LogP contribution < -0.4 is 5.32 Å². The molecule has 2 atom stereocenters. The largest absolute Gasteiger partial charge is 0.508 e. The molecule has 0 bridgehead atoms. The van der Waals surface area contributed by atoms with E-state index in [1.54, 1.807) is 12.1 Å². The molecule has 29 heavy (non-hydrogen) atoms. The van der Waals surface area contributed by atoms with Crippen molar-refractivity contribution in [2.45, 2.75) is 44.2 Å². The van der Waals surface area contributed by atoms with Crippen LogP contribution in [0, 0.1) is 5.92 Å². The van der Waals surface area contributed by atoms with Crippen molar-refractivity contribution in [3.05, 3.63) is 29.8 Å². The van der Waals surface area contributed by atoms with E-state index in [0.717, 1.165) is 25.3 Å². The zero-order valence-corrected chi connectivity index (χ0v) is 16.9. The minimum atomic E-state index is -0.121. The minimum absolute atomic E-state index is 0.121. The van der Waals surface area contributed by atoms with Crippen LogP contribution in [-0.2, 0) is 9.53 Å². The molecule has 0 radical (unpaired) electrons. The van der Waals surface area contributed by atoms with E-state index in [9.17, 15) is 14.7 Å². The van der Waals surface area contributed by atoms with Crippen molar-refractivity contribution in [1.82, 2.24) is 15.1 Å². The van der Waals surface area contributed by atoms with E-state index >= 15 is 0 Å². The van der Waals surface area contributed by atoms with Gasteiger partial charge in [0.15, 0.2) is 0 Å². The van der Waals surface area contributed by atoms with Crippen LogP contribution in [0.4, 0.5) is 0 Å². The molecule has 4 rings (SSSR count). The number of nitrogens with one attached hydrogen (secondary N) is 1. The van der Waals surface area contributed by atoms with E-state index in [4.69, 9.17) is 4.74 Å². The number of carbonyl (C=O) groups is 2. The number of hydrogen-bond donors (Lipinski definition) is 2. The number of phenols is 1. The summed E-state index contributed by atoms with van der Waals surface area (Å²) in [6.07, 6.45) is 5.11. The summed E-state index contributed by atoms with van der Waals surface area (Å²) in [4.78, 5) is 29.6. The molecule has 2 N–H and O–H groups in total. The van der Waals surface area contributed by atoms with Crippen molar-refractivity contribution < 1.29 is 19.4 Å². The summed E-state index contributed by atoms with van der Waals surface area (Å²) in [5.41, 5.74) is 0.550. The van der Waals surface area contributed by atoms with Crippen LogP contribution in [0.2, 0.25) is 0 Å². The fourth-order valence-corrected chi connectivity index (χ4v) is 4.42. The fraction of sp³-hybridized carbons (Fsp3) is 0.636. The molecular formula is C22H31N3O4. The number of carbonyl (C=O) groups excluding carboxylic acids is 2. The molecule has 2 saturated heterocycles. The van der Waals surface area contributed by atoms with Gasteiger partial charge in [-0.1, -0.05) is 0 Å². The molecule has 3 fully saturated rings. The van der Waals surface area contributed by atoms with Gasteiger partial charge in [0.05, 0.1) is 13.2 Å². The van der Waals surface area contributed by atoms with Gasteiger partial charge in [-0.15, -0.1) is 0 Å². The SMILES string of the molecule is O=C(NC[C@@H]1CC[C@H](CC(=O)N2CCOCC2)N1CC1CC1)c1ccc(O)cc1. The minimum Gasteiger partial charge on any atom is -0.508 e.